The number of ether oxygens (including phenoxy) is 1. The van der Waals surface area contributed by atoms with Gasteiger partial charge in [0, 0.05) is 12.5 Å². The van der Waals surface area contributed by atoms with E-state index in [1.54, 1.807) is 0 Å². The van der Waals surface area contributed by atoms with Gasteiger partial charge >= 0.3 is 0 Å². The van der Waals surface area contributed by atoms with Crippen LogP contribution in [0, 0.1) is 5.92 Å². The average Bonchev–Trinajstić information content (AvgIpc) is 2.83. The highest BCUT2D eigenvalue weighted by Crippen LogP contribution is 2.46. The molecular formula is C10H15N3O2. The summed E-state index contributed by atoms with van der Waals surface area (Å²) in [6, 6.07) is 0.102. The fraction of sp³-hybridized carbons (Fsp3) is 0.800. The van der Waals surface area contributed by atoms with Crippen molar-refractivity contribution in [2.45, 2.75) is 25.3 Å². The minimum atomic E-state index is 0.102. The summed E-state index contributed by atoms with van der Waals surface area (Å²) in [6.07, 6.45) is 1.18. The molecule has 5 heteroatoms. The number of aromatic nitrogens is 2. The molecule has 1 saturated carbocycles. The van der Waals surface area contributed by atoms with E-state index in [1.165, 1.54) is 6.42 Å². The first-order valence-corrected chi connectivity index (χ1v) is 5.49. The van der Waals surface area contributed by atoms with Crippen molar-refractivity contribution in [1.29, 1.82) is 0 Å². The van der Waals surface area contributed by atoms with Gasteiger partial charge in [-0.2, -0.15) is 4.98 Å². The third-order valence-electron chi connectivity index (χ3n) is 3.12. The third-order valence-corrected chi connectivity index (χ3v) is 3.12. The first-order valence-electron chi connectivity index (χ1n) is 5.49. The van der Waals surface area contributed by atoms with E-state index in [0.717, 1.165) is 24.9 Å². The van der Waals surface area contributed by atoms with Crippen LogP contribution in [0.3, 0.4) is 0 Å². The van der Waals surface area contributed by atoms with Crippen molar-refractivity contribution in [1.82, 2.24) is 15.5 Å². The van der Waals surface area contributed by atoms with Gasteiger partial charge in [0.05, 0.1) is 19.3 Å². The monoisotopic (exact) mass is 209 g/mol. The van der Waals surface area contributed by atoms with Crippen LogP contribution in [-0.2, 0) is 4.74 Å². The van der Waals surface area contributed by atoms with Crippen LogP contribution in [0.2, 0.25) is 0 Å². The zero-order valence-corrected chi connectivity index (χ0v) is 8.77. The molecule has 1 aromatic heterocycles. The molecule has 82 valence electrons. The molecule has 2 aliphatic rings. The summed E-state index contributed by atoms with van der Waals surface area (Å²) in [5.74, 6) is 2.73. The lowest BCUT2D eigenvalue weighted by Crippen LogP contribution is -2.35. The summed E-state index contributed by atoms with van der Waals surface area (Å²) < 4.78 is 10.6. The van der Waals surface area contributed by atoms with Gasteiger partial charge in [-0.1, -0.05) is 12.1 Å². The van der Waals surface area contributed by atoms with Crippen molar-refractivity contribution in [3.05, 3.63) is 11.7 Å². The van der Waals surface area contributed by atoms with Gasteiger partial charge in [-0.25, -0.2) is 0 Å². The number of nitrogens with zero attached hydrogens (tertiary/aromatic N) is 2. The van der Waals surface area contributed by atoms with Crippen molar-refractivity contribution in [3.63, 3.8) is 0 Å². The second kappa shape index (κ2) is 3.57. The zero-order chi connectivity index (χ0) is 10.3. The van der Waals surface area contributed by atoms with Crippen LogP contribution in [0.25, 0.3) is 0 Å². The van der Waals surface area contributed by atoms with E-state index in [-0.39, 0.29) is 6.04 Å². The molecule has 0 bridgehead atoms. The first-order chi connectivity index (χ1) is 7.34. The summed E-state index contributed by atoms with van der Waals surface area (Å²) >= 11 is 0. The van der Waals surface area contributed by atoms with Crippen molar-refractivity contribution in [2.24, 2.45) is 5.92 Å². The predicted molar refractivity (Wildman–Crippen MR) is 52.4 cm³/mol. The van der Waals surface area contributed by atoms with E-state index in [9.17, 15) is 0 Å². The average molecular weight is 209 g/mol. The molecule has 2 fully saturated rings. The van der Waals surface area contributed by atoms with E-state index >= 15 is 0 Å². The van der Waals surface area contributed by atoms with Crippen LogP contribution in [-0.4, -0.2) is 29.9 Å². The van der Waals surface area contributed by atoms with Gasteiger partial charge < -0.3 is 14.6 Å². The SMILES string of the molecule is CC1CC1c1nc(C2COCCN2)no1. The van der Waals surface area contributed by atoms with E-state index in [1.807, 2.05) is 0 Å². The van der Waals surface area contributed by atoms with E-state index < -0.39 is 0 Å². The second-order valence-corrected chi connectivity index (χ2v) is 4.39. The largest absolute Gasteiger partial charge is 0.378 e. The standard InChI is InChI=1S/C10H15N3O2/c1-6-4-7(6)10-12-9(13-15-10)8-5-14-3-2-11-8/h6-8,11H,2-5H2,1H3. The highest BCUT2D eigenvalue weighted by molar-refractivity contribution is 5.07. The molecule has 3 rings (SSSR count). The molecule has 15 heavy (non-hydrogen) atoms. The molecule has 1 aliphatic carbocycles. The van der Waals surface area contributed by atoms with E-state index in [2.05, 4.69) is 22.4 Å². The number of morpholine rings is 1. The number of nitrogens with one attached hydrogen (secondary N) is 1. The van der Waals surface area contributed by atoms with Gasteiger partial charge in [0.15, 0.2) is 5.82 Å². The van der Waals surface area contributed by atoms with Gasteiger partial charge in [-0.3, -0.25) is 0 Å². The predicted octanol–water partition coefficient (Wildman–Crippen LogP) is 0.854. The lowest BCUT2D eigenvalue weighted by atomic mass is 10.2. The first kappa shape index (κ1) is 9.30. The molecule has 1 N–H and O–H groups in total. The Hall–Kier alpha value is -0.940. The number of hydrogen-bond donors (Lipinski definition) is 1. The minimum Gasteiger partial charge on any atom is -0.378 e. The Morgan fingerprint density at radius 2 is 2.33 bits per heavy atom. The van der Waals surface area contributed by atoms with Crippen molar-refractivity contribution < 1.29 is 9.26 Å². The fourth-order valence-electron chi connectivity index (χ4n) is 1.94. The molecule has 1 saturated heterocycles. The molecule has 3 atom stereocenters. The second-order valence-electron chi connectivity index (χ2n) is 4.39. The Kier molecular flexibility index (Phi) is 2.21. The lowest BCUT2D eigenvalue weighted by molar-refractivity contribution is 0.0734. The molecule has 0 spiro atoms. The van der Waals surface area contributed by atoms with Crippen LogP contribution < -0.4 is 5.32 Å². The van der Waals surface area contributed by atoms with Gasteiger partial charge in [0.1, 0.15) is 0 Å². The minimum absolute atomic E-state index is 0.102. The third kappa shape index (κ3) is 1.77. The van der Waals surface area contributed by atoms with Gasteiger partial charge in [-0.15, -0.1) is 0 Å². The maximum Gasteiger partial charge on any atom is 0.230 e. The Morgan fingerprint density at radius 3 is 3.00 bits per heavy atom. The van der Waals surface area contributed by atoms with Crippen LogP contribution in [0.5, 0.6) is 0 Å². The molecule has 3 unspecified atom stereocenters. The van der Waals surface area contributed by atoms with Crippen molar-refractivity contribution in [3.8, 4) is 0 Å². The fourth-order valence-corrected chi connectivity index (χ4v) is 1.94. The van der Waals surface area contributed by atoms with Crippen molar-refractivity contribution >= 4 is 0 Å². The number of rotatable bonds is 2. The zero-order valence-electron chi connectivity index (χ0n) is 8.77. The Morgan fingerprint density at radius 1 is 1.47 bits per heavy atom. The molecular weight excluding hydrogens is 194 g/mol. The smallest absolute Gasteiger partial charge is 0.230 e. The van der Waals surface area contributed by atoms with E-state index in [4.69, 9.17) is 9.26 Å². The van der Waals surface area contributed by atoms with Crippen LogP contribution in [0.15, 0.2) is 4.52 Å². The Labute approximate surface area is 88.2 Å². The summed E-state index contributed by atoms with van der Waals surface area (Å²) in [6.45, 7) is 4.46. The highest BCUT2D eigenvalue weighted by Gasteiger charge is 2.39. The van der Waals surface area contributed by atoms with Crippen molar-refractivity contribution in [2.75, 3.05) is 19.8 Å². The summed E-state index contributed by atoms with van der Waals surface area (Å²) in [5.41, 5.74) is 0. The maximum absolute atomic E-state index is 5.36. The topological polar surface area (TPSA) is 60.2 Å². The van der Waals surface area contributed by atoms with Gasteiger partial charge in [-0.05, 0) is 12.3 Å². The number of hydrogen-bond acceptors (Lipinski definition) is 5. The quantitative estimate of drug-likeness (QED) is 0.782. The van der Waals surface area contributed by atoms with Crippen LogP contribution in [0.1, 0.15) is 37.0 Å². The molecule has 0 amide bonds. The van der Waals surface area contributed by atoms with Crippen LogP contribution >= 0.6 is 0 Å². The van der Waals surface area contributed by atoms with Gasteiger partial charge in [0.25, 0.3) is 0 Å². The lowest BCUT2D eigenvalue weighted by Gasteiger charge is -2.20. The highest BCUT2D eigenvalue weighted by atomic mass is 16.5. The molecule has 2 heterocycles. The summed E-state index contributed by atoms with van der Waals surface area (Å²) in [5, 5.41) is 7.32. The molecule has 5 nitrogen and oxygen atoms in total. The maximum atomic E-state index is 5.36. The normalized spacial score (nSPS) is 35.4. The molecule has 1 aromatic rings. The Bertz CT molecular complexity index is 346. The molecule has 0 aromatic carbocycles. The van der Waals surface area contributed by atoms with E-state index in [0.29, 0.717) is 18.4 Å². The van der Waals surface area contributed by atoms with Crippen LogP contribution in [0.4, 0.5) is 0 Å². The molecule has 1 aliphatic heterocycles. The summed E-state index contributed by atoms with van der Waals surface area (Å²) in [4.78, 5) is 4.43. The molecule has 0 radical (unpaired) electrons. The summed E-state index contributed by atoms with van der Waals surface area (Å²) in [7, 11) is 0. The Balaban J connectivity index is 1.72. The van der Waals surface area contributed by atoms with Gasteiger partial charge in [0.2, 0.25) is 5.89 Å².